The highest BCUT2D eigenvalue weighted by molar-refractivity contribution is 9.10. The Morgan fingerprint density at radius 3 is 2.62 bits per heavy atom. The lowest BCUT2D eigenvalue weighted by atomic mass is 10.1. The molecule has 6 nitrogen and oxygen atoms in total. The van der Waals surface area contributed by atoms with Crippen molar-refractivity contribution in [1.29, 1.82) is 5.26 Å². The molecule has 0 atom stereocenters. The Morgan fingerprint density at radius 1 is 1.12 bits per heavy atom. The van der Waals surface area contributed by atoms with Crippen molar-refractivity contribution in [3.8, 4) is 23.3 Å². The van der Waals surface area contributed by atoms with Crippen molar-refractivity contribution in [3.05, 3.63) is 87.4 Å². The van der Waals surface area contributed by atoms with Gasteiger partial charge in [0.2, 0.25) is 0 Å². The van der Waals surface area contributed by atoms with Gasteiger partial charge in [-0.05, 0) is 71.2 Å². The molecule has 3 aromatic rings. The summed E-state index contributed by atoms with van der Waals surface area (Å²) in [5, 5.41) is 12.3. The van der Waals surface area contributed by atoms with Crippen molar-refractivity contribution in [2.45, 2.75) is 20.5 Å². The molecular formula is C27H25BrN2O4. The number of carbonyl (C=O) groups excluding carboxylic acids is 1. The Kier molecular flexibility index (Phi) is 8.72. The van der Waals surface area contributed by atoms with Gasteiger partial charge < -0.3 is 19.5 Å². The summed E-state index contributed by atoms with van der Waals surface area (Å²) < 4.78 is 17.6. The largest absolute Gasteiger partial charge is 0.494 e. The molecule has 0 unspecified atom stereocenters. The maximum atomic E-state index is 12.7. The number of aryl methyl sites for hydroxylation is 1. The van der Waals surface area contributed by atoms with Gasteiger partial charge in [-0.1, -0.05) is 35.9 Å². The Labute approximate surface area is 207 Å². The van der Waals surface area contributed by atoms with Crippen LogP contribution in [0.2, 0.25) is 0 Å². The van der Waals surface area contributed by atoms with Gasteiger partial charge in [0.1, 0.15) is 24.0 Å². The van der Waals surface area contributed by atoms with E-state index in [1.165, 1.54) is 13.2 Å². The summed E-state index contributed by atoms with van der Waals surface area (Å²) in [5.41, 5.74) is 3.29. The molecule has 0 saturated carbocycles. The molecule has 0 radical (unpaired) electrons. The third-order valence-electron chi connectivity index (χ3n) is 4.80. The number of anilines is 1. The summed E-state index contributed by atoms with van der Waals surface area (Å²) in [7, 11) is 1.54. The highest BCUT2D eigenvalue weighted by Crippen LogP contribution is 2.38. The molecule has 0 bridgehead atoms. The number of amides is 1. The van der Waals surface area contributed by atoms with Gasteiger partial charge >= 0.3 is 0 Å². The van der Waals surface area contributed by atoms with Crippen LogP contribution >= 0.6 is 15.9 Å². The monoisotopic (exact) mass is 520 g/mol. The smallest absolute Gasteiger partial charge is 0.266 e. The number of hydrogen-bond acceptors (Lipinski definition) is 5. The van der Waals surface area contributed by atoms with Crippen LogP contribution in [0.1, 0.15) is 23.6 Å². The van der Waals surface area contributed by atoms with Gasteiger partial charge in [-0.3, -0.25) is 4.79 Å². The lowest BCUT2D eigenvalue weighted by Crippen LogP contribution is -2.13. The fourth-order valence-corrected chi connectivity index (χ4v) is 3.84. The van der Waals surface area contributed by atoms with E-state index in [1.807, 2.05) is 38.1 Å². The SMILES string of the molecule is CCOc1cccc(NC(=O)/C(C#N)=C\c2cc(Br)c(OCc3cccc(C)c3)c(OC)c2)c1. The summed E-state index contributed by atoms with van der Waals surface area (Å²) in [5.74, 6) is 1.14. The quantitative estimate of drug-likeness (QED) is 0.265. The number of methoxy groups -OCH3 is 1. The number of ether oxygens (including phenoxy) is 3. The molecular weight excluding hydrogens is 496 g/mol. The second-order valence-corrected chi connectivity index (χ2v) is 8.25. The molecule has 0 aliphatic rings. The van der Waals surface area contributed by atoms with Gasteiger partial charge in [0.05, 0.1) is 18.2 Å². The number of nitriles is 1. The predicted octanol–water partition coefficient (Wildman–Crippen LogP) is 6.29. The van der Waals surface area contributed by atoms with Crippen molar-refractivity contribution in [2.75, 3.05) is 19.0 Å². The van der Waals surface area contributed by atoms with Crippen molar-refractivity contribution >= 4 is 33.6 Å². The summed E-state index contributed by atoms with van der Waals surface area (Å²) in [4.78, 5) is 12.7. The number of carbonyl (C=O) groups is 1. The molecule has 0 aliphatic carbocycles. The molecule has 0 aromatic heterocycles. The topological polar surface area (TPSA) is 80.6 Å². The second-order valence-electron chi connectivity index (χ2n) is 7.40. The van der Waals surface area contributed by atoms with Crippen LogP contribution in [0.15, 0.2) is 70.7 Å². The molecule has 1 amide bonds. The van der Waals surface area contributed by atoms with Crippen molar-refractivity contribution in [2.24, 2.45) is 0 Å². The molecule has 0 heterocycles. The van der Waals surface area contributed by atoms with Crippen LogP contribution in [0.5, 0.6) is 17.2 Å². The van der Waals surface area contributed by atoms with Crippen LogP contribution in [-0.2, 0) is 11.4 Å². The average Bonchev–Trinajstić information content (AvgIpc) is 2.82. The Balaban J connectivity index is 1.80. The number of nitrogens with zero attached hydrogens (tertiary/aromatic N) is 1. The first-order valence-electron chi connectivity index (χ1n) is 10.7. The molecule has 174 valence electrons. The zero-order valence-electron chi connectivity index (χ0n) is 19.2. The Morgan fingerprint density at radius 2 is 1.91 bits per heavy atom. The molecule has 34 heavy (non-hydrogen) atoms. The first-order valence-corrected chi connectivity index (χ1v) is 11.4. The fourth-order valence-electron chi connectivity index (χ4n) is 3.26. The van der Waals surface area contributed by atoms with E-state index in [4.69, 9.17) is 14.2 Å². The molecule has 3 aromatic carbocycles. The standard InChI is InChI=1S/C27H25BrN2O4/c1-4-33-23-10-6-9-22(15-23)30-27(31)21(16-29)12-20-13-24(28)26(25(14-20)32-3)34-17-19-8-5-7-18(2)11-19/h5-15H,4,17H2,1-3H3,(H,30,31)/b21-12-. The van der Waals surface area contributed by atoms with E-state index in [9.17, 15) is 10.1 Å². The van der Waals surface area contributed by atoms with E-state index in [0.29, 0.717) is 46.2 Å². The number of nitrogens with one attached hydrogen (secondary N) is 1. The van der Waals surface area contributed by atoms with Crippen molar-refractivity contribution in [1.82, 2.24) is 0 Å². The maximum Gasteiger partial charge on any atom is 0.266 e. The summed E-state index contributed by atoms with van der Waals surface area (Å²) in [6.45, 7) is 4.80. The second kappa shape index (κ2) is 11.9. The minimum Gasteiger partial charge on any atom is -0.494 e. The highest BCUT2D eigenvalue weighted by atomic mass is 79.9. The van der Waals surface area contributed by atoms with Gasteiger partial charge in [-0.2, -0.15) is 5.26 Å². The lowest BCUT2D eigenvalue weighted by Gasteiger charge is -2.14. The van der Waals surface area contributed by atoms with Gasteiger partial charge in [0, 0.05) is 11.8 Å². The highest BCUT2D eigenvalue weighted by Gasteiger charge is 2.15. The summed E-state index contributed by atoms with van der Waals surface area (Å²) >= 11 is 3.52. The number of halogens is 1. The first kappa shape index (κ1) is 24.9. The van der Waals surface area contributed by atoms with Crippen LogP contribution in [0, 0.1) is 18.3 Å². The minimum atomic E-state index is -0.522. The lowest BCUT2D eigenvalue weighted by molar-refractivity contribution is -0.112. The van der Waals surface area contributed by atoms with Gasteiger partial charge in [-0.25, -0.2) is 0 Å². The van der Waals surface area contributed by atoms with Crippen LogP contribution in [0.4, 0.5) is 5.69 Å². The third-order valence-corrected chi connectivity index (χ3v) is 5.39. The predicted molar refractivity (Wildman–Crippen MR) is 136 cm³/mol. The minimum absolute atomic E-state index is 0.0517. The normalized spacial score (nSPS) is 10.9. The molecule has 0 spiro atoms. The zero-order valence-corrected chi connectivity index (χ0v) is 20.8. The van der Waals surface area contributed by atoms with Gasteiger partial charge in [-0.15, -0.1) is 0 Å². The summed E-state index contributed by atoms with van der Waals surface area (Å²) in [6, 6.07) is 20.5. The van der Waals surface area contributed by atoms with E-state index in [2.05, 4.69) is 27.3 Å². The van der Waals surface area contributed by atoms with Crippen molar-refractivity contribution < 1.29 is 19.0 Å². The van der Waals surface area contributed by atoms with Gasteiger partial charge in [0.15, 0.2) is 11.5 Å². The van der Waals surface area contributed by atoms with Crippen LogP contribution in [0.25, 0.3) is 6.08 Å². The molecule has 3 rings (SSSR count). The van der Waals surface area contributed by atoms with Crippen LogP contribution < -0.4 is 19.5 Å². The van der Waals surface area contributed by atoms with Gasteiger partial charge in [0.25, 0.3) is 5.91 Å². The first-order chi connectivity index (χ1) is 16.4. The average molecular weight is 521 g/mol. The number of benzene rings is 3. The van der Waals surface area contributed by atoms with E-state index >= 15 is 0 Å². The molecule has 0 saturated heterocycles. The summed E-state index contributed by atoms with van der Waals surface area (Å²) in [6.07, 6.45) is 1.50. The zero-order chi connectivity index (χ0) is 24.5. The molecule has 1 N–H and O–H groups in total. The van der Waals surface area contributed by atoms with Crippen LogP contribution in [0.3, 0.4) is 0 Å². The van der Waals surface area contributed by atoms with E-state index in [0.717, 1.165) is 11.1 Å². The molecule has 7 heteroatoms. The van der Waals surface area contributed by atoms with Crippen molar-refractivity contribution in [3.63, 3.8) is 0 Å². The Hall–Kier alpha value is -3.76. The van der Waals surface area contributed by atoms with E-state index in [1.54, 1.807) is 36.4 Å². The third kappa shape index (κ3) is 6.63. The Bertz CT molecular complexity index is 1250. The molecule has 0 aliphatic heterocycles. The number of rotatable bonds is 9. The number of hydrogen-bond donors (Lipinski definition) is 1. The molecule has 0 fully saturated rings. The van der Waals surface area contributed by atoms with Crippen LogP contribution in [-0.4, -0.2) is 19.6 Å². The van der Waals surface area contributed by atoms with E-state index < -0.39 is 5.91 Å². The van der Waals surface area contributed by atoms with E-state index in [-0.39, 0.29) is 5.57 Å². The maximum absolute atomic E-state index is 12.7. The fraction of sp³-hybridized carbons (Fsp3) is 0.185.